The molecule has 25 heavy (non-hydrogen) atoms. The molecule has 1 aliphatic heterocycles. The van der Waals surface area contributed by atoms with Gasteiger partial charge in [0.25, 0.3) is 10.0 Å². The second-order valence-corrected chi connectivity index (χ2v) is 7.56. The lowest BCUT2D eigenvalue weighted by Crippen LogP contribution is -2.28. The van der Waals surface area contributed by atoms with Crippen molar-refractivity contribution < 1.29 is 22.0 Å². The van der Waals surface area contributed by atoms with Crippen LogP contribution in [-0.2, 0) is 21.4 Å². The number of aromatic nitrogens is 2. The van der Waals surface area contributed by atoms with E-state index in [0.29, 0.717) is 13.1 Å². The largest absolute Gasteiger partial charge is 0.327 e. The van der Waals surface area contributed by atoms with Gasteiger partial charge in [-0.3, -0.25) is 4.79 Å². The van der Waals surface area contributed by atoms with Gasteiger partial charge in [-0.05, 0) is 25.0 Å². The van der Waals surface area contributed by atoms with Crippen molar-refractivity contribution in [2.75, 3.05) is 18.4 Å². The second-order valence-electron chi connectivity index (χ2n) is 5.67. The number of hydrogen-bond donors (Lipinski definition) is 1. The number of anilines is 1. The van der Waals surface area contributed by atoms with Crippen molar-refractivity contribution in [3.8, 4) is 0 Å². The molecular weight excluding hydrogens is 354 g/mol. The fraction of sp³-hybridized carbons (Fsp3) is 0.333. The zero-order valence-corrected chi connectivity index (χ0v) is 14.0. The van der Waals surface area contributed by atoms with E-state index in [4.69, 9.17) is 0 Å². The van der Waals surface area contributed by atoms with E-state index >= 15 is 0 Å². The highest BCUT2D eigenvalue weighted by Gasteiger charge is 2.29. The molecule has 1 fully saturated rings. The molecule has 1 aromatic heterocycles. The number of carbonyl (C=O) groups is 1. The third-order valence-corrected chi connectivity index (χ3v) is 5.59. The maximum Gasteiger partial charge on any atom is 0.262 e. The molecule has 0 spiro atoms. The zero-order valence-electron chi connectivity index (χ0n) is 13.2. The van der Waals surface area contributed by atoms with Gasteiger partial charge in [0.05, 0.1) is 6.33 Å². The van der Waals surface area contributed by atoms with Gasteiger partial charge < -0.3 is 9.88 Å². The van der Waals surface area contributed by atoms with Crippen LogP contribution in [0.1, 0.15) is 12.8 Å². The Balaban J connectivity index is 1.66. The molecule has 1 amide bonds. The van der Waals surface area contributed by atoms with Gasteiger partial charge in [0.2, 0.25) is 5.91 Å². The van der Waals surface area contributed by atoms with E-state index in [9.17, 15) is 22.0 Å². The van der Waals surface area contributed by atoms with Gasteiger partial charge in [0.1, 0.15) is 6.54 Å². The molecule has 0 unspecified atom stereocenters. The Labute approximate surface area is 143 Å². The lowest BCUT2D eigenvalue weighted by molar-refractivity contribution is -0.116. The smallest absolute Gasteiger partial charge is 0.262 e. The number of hydrogen-bond acceptors (Lipinski definition) is 4. The number of carbonyl (C=O) groups excluding carboxylic acids is 1. The van der Waals surface area contributed by atoms with E-state index in [-0.39, 0.29) is 17.3 Å². The molecule has 1 N–H and O–H groups in total. The van der Waals surface area contributed by atoms with Gasteiger partial charge in [-0.25, -0.2) is 22.2 Å². The lowest BCUT2D eigenvalue weighted by atomic mass is 10.3. The number of nitrogens with zero attached hydrogens (tertiary/aromatic N) is 3. The van der Waals surface area contributed by atoms with E-state index in [0.717, 1.165) is 25.0 Å². The van der Waals surface area contributed by atoms with Crippen molar-refractivity contribution in [1.29, 1.82) is 0 Å². The minimum absolute atomic E-state index is 0.105. The van der Waals surface area contributed by atoms with Crippen molar-refractivity contribution in [3.05, 3.63) is 42.4 Å². The molecule has 0 saturated carbocycles. The summed E-state index contributed by atoms with van der Waals surface area (Å²) in [5.74, 6) is -2.60. The topological polar surface area (TPSA) is 84.3 Å². The zero-order chi connectivity index (χ0) is 18.0. The van der Waals surface area contributed by atoms with Gasteiger partial charge in [-0.1, -0.05) is 0 Å². The molecule has 0 aliphatic carbocycles. The first-order valence-electron chi connectivity index (χ1n) is 7.63. The molecule has 3 rings (SSSR count). The molecule has 2 aromatic rings. The molecule has 134 valence electrons. The van der Waals surface area contributed by atoms with Crippen molar-refractivity contribution in [2.24, 2.45) is 0 Å². The van der Waals surface area contributed by atoms with Crippen molar-refractivity contribution >= 4 is 21.6 Å². The van der Waals surface area contributed by atoms with E-state index < -0.39 is 27.6 Å². The molecule has 7 nitrogen and oxygen atoms in total. The predicted molar refractivity (Wildman–Crippen MR) is 85.2 cm³/mol. The first-order valence-corrected chi connectivity index (χ1v) is 9.07. The van der Waals surface area contributed by atoms with Crippen molar-refractivity contribution in [2.45, 2.75) is 24.4 Å². The second kappa shape index (κ2) is 6.89. The van der Waals surface area contributed by atoms with Gasteiger partial charge in [-0.2, -0.15) is 4.31 Å². The first-order chi connectivity index (χ1) is 11.9. The highest BCUT2D eigenvalue weighted by molar-refractivity contribution is 7.89. The van der Waals surface area contributed by atoms with Crippen LogP contribution in [0.2, 0.25) is 0 Å². The average molecular weight is 370 g/mol. The van der Waals surface area contributed by atoms with E-state index in [2.05, 4.69) is 10.3 Å². The summed E-state index contributed by atoms with van der Waals surface area (Å²) in [6.45, 7) is 0.721. The summed E-state index contributed by atoms with van der Waals surface area (Å²) < 4.78 is 53.4. The Morgan fingerprint density at radius 3 is 2.60 bits per heavy atom. The molecule has 1 aromatic carbocycles. The van der Waals surface area contributed by atoms with Crippen molar-refractivity contribution in [1.82, 2.24) is 13.9 Å². The molecule has 0 atom stereocenters. The number of sulfonamides is 1. The summed E-state index contributed by atoms with van der Waals surface area (Å²) in [4.78, 5) is 15.8. The van der Waals surface area contributed by atoms with Crippen LogP contribution in [0, 0.1) is 11.6 Å². The molecule has 1 saturated heterocycles. The monoisotopic (exact) mass is 370 g/mol. The fourth-order valence-corrected chi connectivity index (χ4v) is 4.01. The molecule has 10 heteroatoms. The van der Waals surface area contributed by atoms with Crippen LogP contribution in [0.25, 0.3) is 0 Å². The normalized spacial score (nSPS) is 15.4. The van der Waals surface area contributed by atoms with E-state index in [1.54, 1.807) is 0 Å². The Hall–Kier alpha value is -2.33. The SMILES string of the molecule is O=C(Cn1cnc(S(=O)(=O)N2CCCC2)c1)Nc1ccc(F)c(F)c1. The summed E-state index contributed by atoms with van der Waals surface area (Å²) in [5, 5.41) is 2.29. The summed E-state index contributed by atoms with van der Waals surface area (Å²) >= 11 is 0. The number of benzene rings is 1. The van der Waals surface area contributed by atoms with Crippen LogP contribution >= 0.6 is 0 Å². The number of halogens is 2. The maximum atomic E-state index is 13.1. The van der Waals surface area contributed by atoms with Crippen LogP contribution < -0.4 is 5.32 Å². The average Bonchev–Trinajstić information content (AvgIpc) is 3.22. The van der Waals surface area contributed by atoms with Crippen molar-refractivity contribution in [3.63, 3.8) is 0 Å². The van der Waals surface area contributed by atoms with Crippen LogP contribution in [0.3, 0.4) is 0 Å². The highest BCUT2D eigenvalue weighted by Crippen LogP contribution is 2.19. The quantitative estimate of drug-likeness (QED) is 0.866. The van der Waals surface area contributed by atoms with Gasteiger partial charge in [0, 0.05) is 31.0 Å². The minimum Gasteiger partial charge on any atom is -0.327 e. The third-order valence-electron chi connectivity index (χ3n) is 3.81. The lowest BCUT2D eigenvalue weighted by Gasteiger charge is -2.12. The Morgan fingerprint density at radius 2 is 1.92 bits per heavy atom. The van der Waals surface area contributed by atoms with Gasteiger partial charge in [0.15, 0.2) is 16.7 Å². The highest BCUT2D eigenvalue weighted by atomic mass is 32.2. The van der Waals surface area contributed by atoms with Crippen LogP contribution in [0.5, 0.6) is 0 Å². The molecule has 0 bridgehead atoms. The third kappa shape index (κ3) is 3.85. The fourth-order valence-electron chi connectivity index (χ4n) is 2.56. The maximum absolute atomic E-state index is 13.1. The summed E-state index contributed by atoms with van der Waals surface area (Å²) in [6, 6.07) is 3.00. The molecule has 0 radical (unpaired) electrons. The van der Waals surface area contributed by atoms with E-state index in [1.807, 2.05) is 0 Å². The van der Waals surface area contributed by atoms with Crippen LogP contribution in [0.4, 0.5) is 14.5 Å². The summed E-state index contributed by atoms with van der Waals surface area (Å²) in [6.07, 6.45) is 4.15. The summed E-state index contributed by atoms with van der Waals surface area (Å²) in [5.41, 5.74) is 0.105. The van der Waals surface area contributed by atoms with Crippen LogP contribution in [0.15, 0.2) is 35.7 Å². The molecule has 2 heterocycles. The Morgan fingerprint density at radius 1 is 1.20 bits per heavy atom. The van der Waals surface area contributed by atoms with E-state index in [1.165, 1.54) is 27.5 Å². The van der Waals surface area contributed by atoms with Crippen LogP contribution in [-0.4, -0.2) is 41.3 Å². The summed E-state index contributed by atoms with van der Waals surface area (Å²) in [7, 11) is -3.64. The van der Waals surface area contributed by atoms with Gasteiger partial charge in [-0.15, -0.1) is 0 Å². The Kier molecular flexibility index (Phi) is 4.82. The standard InChI is InChI=1S/C15H16F2N4O3S/c16-12-4-3-11(7-13(12)17)19-14(22)8-20-9-15(18-10-20)25(23,24)21-5-1-2-6-21/h3-4,7,9-10H,1-2,5-6,8H2,(H,19,22). The number of rotatable bonds is 5. The predicted octanol–water partition coefficient (Wildman–Crippen LogP) is 1.58. The number of nitrogens with one attached hydrogen (secondary N) is 1. The molecular formula is C15H16F2N4O3S. The molecule has 1 aliphatic rings. The Bertz CT molecular complexity index is 892. The number of amides is 1. The van der Waals surface area contributed by atoms with Gasteiger partial charge >= 0.3 is 0 Å². The minimum atomic E-state index is -3.64. The first kappa shape index (κ1) is 17.5. The number of imidazole rings is 1.